The Morgan fingerprint density at radius 2 is 1.79 bits per heavy atom. The lowest BCUT2D eigenvalue weighted by molar-refractivity contribution is -0.143. The largest absolute Gasteiger partial charge is 0.381 e. The van der Waals surface area contributed by atoms with Gasteiger partial charge in [0.05, 0.1) is 12.0 Å². The van der Waals surface area contributed by atoms with Gasteiger partial charge in [-0.05, 0) is 30.5 Å². The number of carbonyl (C=O) groups is 2. The maximum atomic E-state index is 13.6. The highest BCUT2D eigenvalue weighted by atomic mass is 79.9. The van der Waals surface area contributed by atoms with Crippen molar-refractivity contribution in [2.75, 3.05) is 52.5 Å². The molecule has 2 aliphatic heterocycles. The van der Waals surface area contributed by atoms with Gasteiger partial charge in [-0.3, -0.25) is 14.5 Å². The lowest BCUT2D eigenvalue weighted by atomic mass is 9.73. The second kappa shape index (κ2) is 9.67. The third kappa shape index (κ3) is 4.82. The molecule has 2 heterocycles. The topological polar surface area (TPSA) is 61.9 Å². The molecule has 28 heavy (non-hydrogen) atoms. The standard InChI is InChI=1S/C21H28BrN3O3/c1-2-9-23-19(26)16-24-10-12-25(13-11-24)20(27)21(7-14-28-15-8-21)17-3-5-18(22)6-4-17/h2-6H,1,7-16H2,(H,23,26). The van der Waals surface area contributed by atoms with E-state index in [1.807, 2.05) is 29.2 Å². The summed E-state index contributed by atoms with van der Waals surface area (Å²) >= 11 is 3.48. The number of nitrogens with one attached hydrogen (secondary N) is 1. The van der Waals surface area contributed by atoms with E-state index in [0.29, 0.717) is 65.3 Å². The van der Waals surface area contributed by atoms with Gasteiger partial charge in [-0.15, -0.1) is 6.58 Å². The molecule has 0 saturated carbocycles. The number of ether oxygens (including phenoxy) is 1. The van der Waals surface area contributed by atoms with Gasteiger partial charge >= 0.3 is 0 Å². The normalized spacial score (nSPS) is 19.8. The summed E-state index contributed by atoms with van der Waals surface area (Å²) in [5.41, 5.74) is 0.554. The second-order valence-corrected chi connectivity index (χ2v) is 8.28. The van der Waals surface area contributed by atoms with Crippen LogP contribution in [0.5, 0.6) is 0 Å². The summed E-state index contributed by atoms with van der Waals surface area (Å²) in [5.74, 6) is 0.185. The molecule has 3 rings (SSSR count). The fourth-order valence-corrected chi connectivity index (χ4v) is 4.24. The van der Waals surface area contributed by atoms with Crippen LogP contribution in [-0.4, -0.2) is 74.1 Å². The highest BCUT2D eigenvalue weighted by Crippen LogP contribution is 2.37. The Bertz CT molecular complexity index is 693. The molecule has 0 unspecified atom stereocenters. The number of rotatable bonds is 6. The number of nitrogens with zero attached hydrogens (tertiary/aromatic N) is 2. The Morgan fingerprint density at radius 1 is 1.14 bits per heavy atom. The number of amides is 2. The van der Waals surface area contributed by atoms with E-state index >= 15 is 0 Å². The minimum absolute atomic E-state index is 0.00422. The first-order valence-electron chi connectivity index (χ1n) is 9.78. The second-order valence-electron chi connectivity index (χ2n) is 7.36. The highest BCUT2D eigenvalue weighted by molar-refractivity contribution is 9.10. The highest BCUT2D eigenvalue weighted by Gasteiger charge is 2.44. The number of piperazine rings is 1. The van der Waals surface area contributed by atoms with Crippen molar-refractivity contribution in [3.63, 3.8) is 0 Å². The van der Waals surface area contributed by atoms with Crippen LogP contribution in [0, 0.1) is 0 Å². The molecule has 7 heteroatoms. The minimum Gasteiger partial charge on any atom is -0.381 e. The Morgan fingerprint density at radius 3 is 2.39 bits per heavy atom. The van der Waals surface area contributed by atoms with Crippen molar-refractivity contribution < 1.29 is 14.3 Å². The summed E-state index contributed by atoms with van der Waals surface area (Å²) in [6.07, 6.45) is 3.08. The molecule has 0 aromatic heterocycles. The average Bonchev–Trinajstić information content (AvgIpc) is 2.73. The monoisotopic (exact) mass is 449 g/mol. The smallest absolute Gasteiger partial charge is 0.234 e. The average molecular weight is 450 g/mol. The van der Waals surface area contributed by atoms with Crippen molar-refractivity contribution in [3.8, 4) is 0 Å². The van der Waals surface area contributed by atoms with Crippen molar-refractivity contribution in [2.24, 2.45) is 0 Å². The fraction of sp³-hybridized carbons (Fsp3) is 0.524. The molecule has 2 fully saturated rings. The zero-order valence-electron chi connectivity index (χ0n) is 16.2. The van der Waals surface area contributed by atoms with E-state index in [1.54, 1.807) is 6.08 Å². The first kappa shape index (κ1) is 21.0. The van der Waals surface area contributed by atoms with Gasteiger partial charge in [0, 0.05) is 50.4 Å². The zero-order valence-corrected chi connectivity index (χ0v) is 17.7. The molecule has 1 aromatic carbocycles. The third-order valence-electron chi connectivity index (χ3n) is 5.62. The van der Waals surface area contributed by atoms with E-state index in [-0.39, 0.29) is 11.8 Å². The Labute approximate surface area is 175 Å². The van der Waals surface area contributed by atoms with Crippen LogP contribution in [0.25, 0.3) is 0 Å². The number of halogens is 1. The first-order valence-corrected chi connectivity index (χ1v) is 10.6. The molecular weight excluding hydrogens is 422 g/mol. The lowest BCUT2D eigenvalue weighted by Crippen LogP contribution is -2.56. The van der Waals surface area contributed by atoms with E-state index in [1.165, 1.54) is 0 Å². The summed E-state index contributed by atoms with van der Waals surface area (Å²) in [5, 5.41) is 2.80. The number of benzene rings is 1. The maximum Gasteiger partial charge on any atom is 0.234 e. The van der Waals surface area contributed by atoms with Crippen LogP contribution in [0.3, 0.4) is 0 Å². The summed E-state index contributed by atoms with van der Waals surface area (Å²) in [6, 6.07) is 8.10. The van der Waals surface area contributed by atoms with E-state index in [0.717, 1.165) is 10.0 Å². The maximum absolute atomic E-state index is 13.6. The quantitative estimate of drug-likeness (QED) is 0.674. The van der Waals surface area contributed by atoms with Crippen molar-refractivity contribution in [3.05, 3.63) is 47.0 Å². The Kier molecular flexibility index (Phi) is 7.26. The SMILES string of the molecule is C=CCNC(=O)CN1CCN(C(=O)C2(c3ccc(Br)cc3)CCOCC2)CC1. The van der Waals surface area contributed by atoms with Gasteiger partial charge in [-0.1, -0.05) is 34.1 Å². The van der Waals surface area contributed by atoms with Crippen molar-refractivity contribution in [1.29, 1.82) is 0 Å². The molecule has 0 bridgehead atoms. The van der Waals surface area contributed by atoms with E-state index < -0.39 is 5.41 Å². The molecule has 1 N–H and O–H groups in total. The van der Waals surface area contributed by atoms with Crippen molar-refractivity contribution >= 4 is 27.7 Å². The summed E-state index contributed by atoms with van der Waals surface area (Å²) in [4.78, 5) is 29.5. The predicted molar refractivity (Wildman–Crippen MR) is 112 cm³/mol. The molecule has 2 saturated heterocycles. The van der Waals surface area contributed by atoms with E-state index in [9.17, 15) is 9.59 Å². The van der Waals surface area contributed by atoms with Crippen LogP contribution in [0.2, 0.25) is 0 Å². The molecule has 2 amide bonds. The molecule has 152 valence electrons. The van der Waals surface area contributed by atoms with Gasteiger partial charge in [0.25, 0.3) is 0 Å². The van der Waals surface area contributed by atoms with Gasteiger partial charge in [0.2, 0.25) is 11.8 Å². The van der Waals surface area contributed by atoms with E-state index in [2.05, 4.69) is 32.7 Å². The van der Waals surface area contributed by atoms with Crippen LogP contribution < -0.4 is 5.32 Å². The van der Waals surface area contributed by atoms with Crippen molar-refractivity contribution in [1.82, 2.24) is 15.1 Å². The molecule has 0 aliphatic carbocycles. The van der Waals surface area contributed by atoms with Gasteiger partial charge in [-0.25, -0.2) is 0 Å². The van der Waals surface area contributed by atoms with E-state index in [4.69, 9.17) is 4.74 Å². The van der Waals surface area contributed by atoms with Crippen LogP contribution in [0.15, 0.2) is 41.4 Å². The lowest BCUT2D eigenvalue weighted by Gasteiger charge is -2.43. The van der Waals surface area contributed by atoms with Gasteiger partial charge in [0.1, 0.15) is 0 Å². The van der Waals surface area contributed by atoms with Gasteiger partial charge < -0.3 is 15.0 Å². The first-order chi connectivity index (χ1) is 13.5. The number of hydrogen-bond donors (Lipinski definition) is 1. The zero-order chi connectivity index (χ0) is 20.0. The fourth-order valence-electron chi connectivity index (χ4n) is 3.97. The summed E-state index contributed by atoms with van der Waals surface area (Å²) < 4.78 is 6.57. The summed E-state index contributed by atoms with van der Waals surface area (Å²) in [7, 11) is 0. The number of hydrogen-bond acceptors (Lipinski definition) is 4. The molecule has 2 aliphatic rings. The van der Waals surface area contributed by atoms with Crippen LogP contribution in [0.4, 0.5) is 0 Å². The molecule has 0 radical (unpaired) electrons. The third-order valence-corrected chi connectivity index (χ3v) is 6.15. The molecule has 0 atom stereocenters. The minimum atomic E-state index is -0.511. The van der Waals surface area contributed by atoms with Crippen LogP contribution >= 0.6 is 15.9 Å². The van der Waals surface area contributed by atoms with Gasteiger partial charge in [-0.2, -0.15) is 0 Å². The Hall–Kier alpha value is -1.70. The van der Waals surface area contributed by atoms with Crippen molar-refractivity contribution in [2.45, 2.75) is 18.3 Å². The number of carbonyl (C=O) groups excluding carboxylic acids is 2. The van der Waals surface area contributed by atoms with Crippen LogP contribution in [0.1, 0.15) is 18.4 Å². The molecule has 1 aromatic rings. The molecular formula is C21H28BrN3O3. The molecule has 0 spiro atoms. The van der Waals surface area contributed by atoms with Gasteiger partial charge in [0.15, 0.2) is 0 Å². The molecule has 6 nitrogen and oxygen atoms in total. The Balaban J connectivity index is 1.65. The van der Waals surface area contributed by atoms with Crippen LogP contribution in [-0.2, 0) is 19.7 Å². The summed E-state index contributed by atoms with van der Waals surface area (Å²) in [6.45, 7) is 8.36. The predicted octanol–water partition coefficient (Wildman–Crippen LogP) is 1.94.